The monoisotopic (exact) mass is 176 g/mol. The van der Waals surface area contributed by atoms with E-state index in [9.17, 15) is 5.11 Å². The first-order valence-electron chi connectivity index (χ1n) is 4.44. The molecule has 0 amide bonds. The molecule has 1 aromatic rings. The number of aromatic hydroxyl groups is 2. The summed E-state index contributed by atoms with van der Waals surface area (Å²) in [6.45, 7) is 0. The predicted molar refractivity (Wildman–Crippen MR) is 50.9 cm³/mol. The van der Waals surface area contributed by atoms with Crippen LogP contribution in [0.15, 0.2) is 30.4 Å². The highest BCUT2D eigenvalue weighted by Crippen LogP contribution is 2.36. The molecule has 2 nitrogen and oxygen atoms in total. The van der Waals surface area contributed by atoms with Crippen LogP contribution in [0.25, 0.3) is 0 Å². The largest absolute Gasteiger partial charge is 0.508 e. The van der Waals surface area contributed by atoms with Crippen LogP contribution < -0.4 is 0 Å². The Morgan fingerprint density at radius 3 is 2.38 bits per heavy atom. The molecule has 0 spiro atoms. The fourth-order valence-corrected chi connectivity index (χ4v) is 1.75. The average Bonchev–Trinajstić information content (AvgIpc) is 2.56. The van der Waals surface area contributed by atoms with Crippen LogP contribution in [0, 0.1) is 0 Å². The van der Waals surface area contributed by atoms with E-state index < -0.39 is 0 Å². The number of phenolic OH excluding ortho intramolecular Hbond substituents is 2. The van der Waals surface area contributed by atoms with Gasteiger partial charge >= 0.3 is 0 Å². The molecule has 0 unspecified atom stereocenters. The highest BCUT2D eigenvalue weighted by atomic mass is 16.3. The highest BCUT2D eigenvalue weighted by molar-refractivity contribution is 5.42. The molecule has 0 atom stereocenters. The Morgan fingerprint density at radius 2 is 1.77 bits per heavy atom. The summed E-state index contributed by atoms with van der Waals surface area (Å²) in [5, 5.41) is 18.7. The third-order valence-corrected chi connectivity index (χ3v) is 2.46. The van der Waals surface area contributed by atoms with Crippen LogP contribution in [0.1, 0.15) is 24.3 Å². The third kappa shape index (κ3) is 1.52. The topological polar surface area (TPSA) is 40.5 Å². The van der Waals surface area contributed by atoms with Crippen molar-refractivity contribution in [1.82, 2.24) is 0 Å². The molecule has 0 aromatic heterocycles. The summed E-state index contributed by atoms with van der Waals surface area (Å²) in [4.78, 5) is 0. The van der Waals surface area contributed by atoms with Gasteiger partial charge in [-0.2, -0.15) is 0 Å². The SMILES string of the molecule is Oc1ccc(C2CC=CC2)c(O)c1. The molecule has 68 valence electrons. The summed E-state index contributed by atoms with van der Waals surface area (Å²) >= 11 is 0. The first-order chi connectivity index (χ1) is 6.27. The molecule has 0 fully saturated rings. The summed E-state index contributed by atoms with van der Waals surface area (Å²) < 4.78 is 0. The maximum atomic E-state index is 9.56. The molecule has 0 bridgehead atoms. The Morgan fingerprint density at radius 1 is 1.08 bits per heavy atom. The van der Waals surface area contributed by atoms with Crippen LogP contribution in [0.4, 0.5) is 0 Å². The van der Waals surface area contributed by atoms with E-state index in [1.807, 2.05) is 0 Å². The fourth-order valence-electron chi connectivity index (χ4n) is 1.75. The van der Waals surface area contributed by atoms with Gasteiger partial charge in [-0.15, -0.1) is 0 Å². The second kappa shape index (κ2) is 3.13. The molecule has 0 radical (unpaired) electrons. The maximum Gasteiger partial charge on any atom is 0.122 e. The number of allylic oxidation sites excluding steroid dienone is 2. The van der Waals surface area contributed by atoms with E-state index in [2.05, 4.69) is 12.2 Å². The van der Waals surface area contributed by atoms with Crippen LogP contribution in [0.2, 0.25) is 0 Å². The van der Waals surface area contributed by atoms with Crippen LogP contribution in [0.3, 0.4) is 0 Å². The number of hydrogen-bond donors (Lipinski definition) is 2. The van der Waals surface area contributed by atoms with Gasteiger partial charge in [0.2, 0.25) is 0 Å². The highest BCUT2D eigenvalue weighted by Gasteiger charge is 2.16. The zero-order valence-corrected chi connectivity index (χ0v) is 7.27. The van der Waals surface area contributed by atoms with E-state index in [4.69, 9.17) is 5.11 Å². The van der Waals surface area contributed by atoms with Gasteiger partial charge in [0.05, 0.1) is 0 Å². The number of phenols is 2. The lowest BCUT2D eigenvalue weighted by atomic mass is 9.96. The third-order valence-electron chi connectivity index (χ3n) is 2.46. The predicted octanol–water partition coefficient (Wildman–Crippen LogP) is 2.53. The summed E-state index contributed by atoms with van der Waals surface area (Å²) in [5.74, 6) is 0.710. The van der Waals surface area contributed by atoms with Crippen LogP contribution in [-0.2, 0) is 0 Å². The summed E-state index contributed by atoms with van der Waals surface area (Å²) in [7, 11) is 0. The van der Waals surface area contributed by atoms with Gasteiger partial charge in [0.1, 0.15) is 11.5 Å². The molecule has 0 heterocycles. The van der Waals surface area contributed by atoms with Crippen molar-refractivity contribution < 1.29 is 10.2 Å². The van der Waals surface area contributed by atoms with E-state index in [0.717, 1.165) is 18.4 Å². The van der Waals surface area contributed by atoms with Crippen molar-refractivity contribution in [2.75, 3.05) is 0 Å². The molecule has 0 aliphatic heterocycles. The summed E-state index contributed by atoms with van der Waals surface area (Å²) in [5.41, 5.74) is 0.933. The lowest BCUT2D eigenvalue weighted by Crippen LogP contribution is -1.92. The molecule has 1 aliphatic carbocycles. The lowest BCUT2D eigenvalue weighted by Gasteiger charge is -2.11. The molecule has 2 rings (SSSR count). The second-order valence-corrected chi connectivity index (χ2v) is 3.38. The second-order valence-electron chi connectivity index (χ2n) is 3.38. The van der Waals surface area contributed by atoms with Crippen molar-refractivity contribution in [3.63, 3.8) is 0 Å². The minimum absolute atomic E-state index is 0.118. The standard InChI is InChI=1S/C11H12O2/c12-9-5-6-10(11(13)7-9)8-3-1-2-4-8/h1-2,5-8,12-13H,3-4H2. The molecule has 1 aliphatic rings. The fraction of sp³-hybridized carbons (Fsp3) is 0.273. The van der Waals surface area contributed by atoms with E-state index in [-0.39, 0.29) is 11.5 Å². The van der Waals surface area contributed by atoms with Crippen molar-refractivity contribution in [3.05, 3.63) is 35.9 Å². The van der Waals surface area contributed by atoms with Crippen LogP contribution in [0.5, 0.6) is 11.5 Å². The van der Waals surface area contributed by atoms with E-state index in [1.54, 1.807) is 12.1 Å². The Bertz CT molecular complexity index is 334. The Labute approximate surface area is 77.1 Å². The molecule has 1 aromatic carbocycles. The van der Waals surface area contributed by atoms with E-state index in [0.29, 0.717) is 5.92 Å². The minimum Gasteiger partial charge on any atom is -0.508 e. The van der Waals surface area contributed by atoms with Gasteiger partial charge in [0.15, 0.2) is 0 Å². The molecule has 0 saturated heterocycles. The Hall–Kier alpha value is -1.44. The Kier molecular flexibility index (Phi) is 1.97. The van der Waals surface area contributed by atoms with Crippen LogP contribution in [-0.4, -0.2) is 10.2 Å². The number of benzene rings is 1. The van der Waals surface area contributed by atoms with Crippen molar-refractivity contribution >= 4 is 0 Å². The van der Waals surface area contributed by atoms with Crippen LogP contribution >= 0.6 is 0 Å². The normalized spacial score (nSPS) is 16.6. The van der Waals surface area contributed by atoms with Gasteiger partial charge < -0.3 is 10.2 Å². The number of rotatable bonds is 1. The molecular formula is C11H12O2. The molecule has 0 saturated carbocycles. The maximum absolute atomic E-state index is 9.56. The van der Waals surface area contributed by atoms with Crippen molar-refractivity contribution in [2.24, 2.45) is 0 Å². The van der Waals surface area contributed by atoms with E-state index in [1.165, 1.54) is 6.07 Å². The summed E-state index contributed by atoms with van der Waals surface area (Å²) in [6.07, 6.45) is 6.21. The van der Waals surface area contributed by atoms with E-state index >= 15 is 0 Å². The minimum atomic E-state index is 0.118. The van der Waals surface area contributed by atoms with Gasteiger partial charge in [-0.3, -0.25) is 0 Å². The van der Waals surface area contributed by atoms with Crippen molar-refractivity contribution in [2.45, 2.75) is 18.8 Å². The molecular weight excluding hydrogens is 164 g/mol. The Balaban J connectivity index is 2.30. The van der Waals surface area contributed by atoms with Gasteiger partial charge in [-0.1, -0.05) is 18.2 Å². The molecule has 2 N–H and O–H groups in total. The number of hydrogen-bond acceptors (Lipinski definition) is 2. The van der Waals surface area contributed by atoms with Gasteiger partial charge in [-0.05, 0) is 30.4 Å². The zero-order chi connectivity index (χ0) is 9.26. The van der Waals surface area contributed by atoms with Gasteiger partial charge in [0, 0.05) is 6.07 Å². The first-order valence-corrected chi connectivity index (χ1v) is 4.44. The lowest BCUT2D eigenvalue weighted by molar-refractivity contribution is 0.442. The average molecular weight is 176 g/mol. The first kappa shape index (κ1) is 8.17. The quantitative estimate of drug-likeness (QED) is 0.645. The molecule has 13 heavy (non-hydrogen) atoms. The smallest absolute Gasteiger partial charge is 0.122 e. The van der Waals surface area contributed by atoms with Crippen molar-refractivity contribution in [3.8, 4) is 11.5 Å². The zero-order valence-electron chi connectivity index (χ0n) is 7.27. The molecule has 2 heteroatoms. The summed E-state index contributed by atoms with van der Waals surface area (Å²) in [6, 6.07) is 4.81. The van der Waals surface area contributed by atoms with Gasteiger partial charge in [0.25, 0.3) is 0 Å². The van der Waals surface area contributed by atoms with Gasteiger partial charge in [-0.25, -0.2) is 0 Å². The van der Waals surface area contributed by atoms with Crippen molar-refractivity contribution in [1.29, 1.82) is 0 Å².